The second-order valence-electron chi connectivity index (χ2n) is 8.84. The summed E-state index contributed by atoms with van der Waals surface area (Å²) >= 11 is 0. The quantitative estimate of drug-likeness (QED) is 0.252. The van der Waals surface area contributed by atoms with E-state index in [2.05, 4.69) is 87.6 Å². The molecule has 180 valence electrons. The van der Waals surface area contributed by atoms with Gasteiger partial charge in [0.15, 0.2) is 5.82 Å². The van der Waals surface area contributed by atoms with Gasteiger partial charge >= 0.3 is 0 Å². The number of hydrogen-bond donors (Lipinski definition) is 3. The van der Waals surface area contributed by atoms with Crippen molar-refractivity contribution in [2.45, 2.75) is 19.3 Å². The number of fused-ring (bicyclic) bond motifs is 2. The summed E-state index contributed by atoms with van der Waals surface area (Å²) < 4.78 is 0. The summed E-state index contributed by atoms with van der Waals surface area (Å²) in [7, 11) is 0. The molecule has 36 heavy (non-hydrogen) atoms. The van der Waals surface area contributed by atoms with E-state index in [0.29, 0.717) is 37.1 Å². The lowest BCUT2D eigenvalue weighted by atomic mass is 9.98. The van der Waals surface area contributed by atoms with Crippen LogP contribution in [0.1, 0.15) is 18.4 Å². The van der Waals surface area contributed by atoms with Gasteiger partial charge in [0.05, 0.1) is 5.39 Å². The van der Waals surface area contributed by atoms with Crippen molar-refractivity contribution in [3.8, 4) is 11.1 Å². The molecule has 4 aromatic carbocycles. The maximum absolute atomic E-state index is 12.4. The molecular formula is C30H28N4O2. The summed E-state index contributed by atoms with van der Waals surface area (Å²) in [4.78, 5) is 24.3. The third kappa shape index (κ3) is 5.44. The Morgan fingerprint density at radius 2 is 1.56 bits per heavy atom. The third-order valence-electron chi connectivity index (χ3n) is 6.31. The van der Waals surface area contributed by atoms with Crippen molar-refractivity contribution in [3.63, 3.8) is 0 Å². The van der Waals surface area contributed by atoms with Gasteiger partial charge in [0.25, 0.3) is 5.56 Å². The molecule has 6 heteroatoms. The summed E-state index contributed by atoms with van der Waals surface area (Å²) in [6, 6.07) is 30.6. The van der Waals surface area contributed by atoms with Crippen molar-refractivity contribution < 1.29 is 4.79 Å². The Morgan fingerprint density at radius 1 is 0.778 bits per heavy atom. The molecule has 0 saturated heterocycles. The largest absolute Gasteiger partial charge is 0.368 e. The normalized spacial score (nSPS) is 11.0. The fourth-order valence-electron chi connectivity index (χ4n) is 4.39. The Kier molecular flexibility index (Phi) is 7.03. The van der Waals surface area contributed by atoms with Crippen LogP contribution in [0.4, 0.5) is 5.82 Å². The number of nitrogens with one attached hydrogen (secondary N) is 3. The van der Waals surface area contributed by atoms with Gasteiger partial charge in [-0.1, -0.05) is 78.9 Å². The minimum Gasteiger partial charge on any atom is -0.368 e. The molecule has 0 unspecified atom stereocenters. The summed E-state index contributed by atoms with van der Waals surface area (Å²) in [6.07, 6.45) is 1.89. The molecule has 0 radical (unpaired) electrons. The summed E-state index contributed by atoms with van der Waals surface area (Å²) in [5.41, 5.74) is 3.28. The Balaban J connectivity index is 1.09. The third-order valence-corrected chi connectivity index (χ3v) is 6.31. The first-order chi connectivity index (χ1) is 17.7. The van der Waals surface area contributed by atoms with Crippen LogP contribution in [0.5, 0.6) is 0 Å². The summed E-state index contributed by atoms with van der Waals surface area (Å²) in [5.74, 6) is 0.682. The zero-order valence-corrected chi connectivity index (χ0v) is 20.0. The van der Waals surface area contributed by atoms with Gasteiger partial charge in [-0.25, -0.2) is 5.10 Å². The van der Waals surface area contributed by atoms with Gasteiger partial charge in [-0.15, -0.1) is 0 Å². The summed E-state index contributed by atoms with van der Waals surface area (Å²) in [6.45, 7) is 1.21. The van der Waals surface area contributed by atoms with Gasteiger partial charge in [-0.2, -0.15) is 5.10 Å². The molecule has 6 nitrogen and oxygen atoms in total. The number of rotatable bonds is 9. The lowest BCUT2D eigenvalue weighted by molar-refractivity contribution is -0.121. The van der Waals surface area contributed by atoms with Crippen LogP contribution in [0, 0.1) is 0 Å². The van der Waals surface area contributed by atoms with Crippen LogP contribution in [0.3, 0.4) is 0 Å². The number of benzene rings is 4. The van der Waals surface area contributed by atoms with Crippen LogP contribution in [-0.4, -0.2) is 29.2 Å². The van der Waals surface area contributed by atoms with Crippen molar-refractivity contribution >= 4 is 33.3 Å². The van der Waals surface area contributed by atoms with Gasteiger partial charge < -0.3 is 10.6 Å². The summed E-state index contributed by atoms with van der Waals surface area (Å²) in [5, 5.41) is 16.7. The highest BCUT2D eigenvalue weighted by Crippen LogP contribution is 2.25. The van der Waals surface area contributed by atoms with E-state index in [4.69, 9.17) is 0 Å². The second-order valence-corrected chi connectivity index (χ2v) is 8.84. The Hall–Kier alpha value is -4.45. The molecule has 0 aliphatic carbocycles. The van der Waals surface area contributed by atoms with Gasteiger partial charge in [0.1, 0.15) is 0 Å². The predicted molar refractivity (Wildman–Crippen MR) is 146 cm³/mol. The number of nitrogens with zero attached hydrogens (tertiary/aromatic N) is 1. The van der Waals surface area contributed by atoms with Crippen LogP contribution >= 0.6 is 0 Å². The van der Waals surface area contributed by atoms with Gasteiger partial charge in [-0.3, -0.25) is 9.59 Å². The Bertz CT molecular complexity index is 1570. The fraction of sp³-hybridized carbons (Fsp3) is 0.167. The molecule has 0 aliphatic rings. The van der Waals surface area contributed by atoms with E-state index in [1.54, 1.807) is 6.07 Å². The topological polar surface area (TPSA) is 86.9 Å². The van der Waals surface area contributed by atoms with Crippen LogP contribution in [0.15, 0.2) is 95.8 Å². The highest BCUT2D eigenvalue weighted by Gasteiger charge is 2.07. The van der Waals surface area contributed by atoms with Gasteiger partial charge in [0, 0.05) is 24.9 Å². The Labute approximate surface area is 209 Å². The molecule has 3 N–H and O–H groups in total. The molecule has 1 aromatic heterocycles. The fourth-order valence-corrected chi connectivity index (χ4v) is 4.39. The van der Waals surface area contributed by atoms with Crippen LogP contribution in [0.2, 0.25) is 0 Å². The highest BCUT2D eigenvalue weighted by atomic mass is 16.1. The Morgan fingerprint density at radius 3 is 2.44 bits per heavy atom. The monoisotopic (exact) mass is 476 g/mol. The maximum atomic E-state index is 12.4. The number of H-pyrrole nitrogens is 1. The minimum atomic E-state index is -0.203. The van der Waals surface area contributed by atoms with Crippen molar-refractivity contribution in [2.75, 3.05) is 18.4 Å². The maximum Gasteiger partial charge on any atom is 0.272 e. The number of carbonyl (C=O) groups excluding carboxylic acids is 1. The van der Waals surface area contributed by atoms with Gasteiger partial charge in [-0.05, 0) is 52.4 Å². The van der Waals surface area contributed by atoms with Crippen molar-refractivity contribution in [2.24, 2.45) is 0 Å². The van der Waals surface area contributed by atoms with E-state index in [1.807, 2.05) is 18.2 Å². The molecule has 1 amide bonds. The first kappa shape index (κ1) is 23.3. The van der Waals surface area contributed by atoms with Crippen molar-refractivity contribution in [3.05, 3.63) is 107 Å². The lowest BCUT2D eigenvalue weighted by Gasteiger charge is -2.09. The lowest BCUT2D eigenvalue weighted by Crippen LogP contribution is -2.26. The molecule has 0 aliphatic heterocycles. The van der Waals surface area contributed by atoms with Gasteiger partial charge in [0.2, 0.25) is 5.91 Å². The van der Waals surface area contributed by atoms with E-state index in [-0.39, 0.29) is 11.5 Å². The number of carbonyl (C=O) groups is 1. The molecule has 0 fully saturated rings. The molecule has 5 aromatic rings. The molecule has 5 rings (SSSR count). The number of hydrogen-bond acceptors (Lipinski definition) is 4. The average Bonchev–Trinajstić information content (AvgIpc) is 2.93. The van der Waals surface area contributed by atoms with E-state index in [0.717, 1.165) is 22.9 Å². The second kappa shape index (κ2) is 10.9. The van der Waals surface area contributed by atoms with Crippen molar-refractivity contribution in [1.82, 2.24) is 15.5 Å². The molecule has 0 saturated carbocycles. The average molecular weight is 477 g/mol. The molecule has 0 bridgehead atoms. The standard InChI is InChI=1S/C30H28N4O2/c35-28(31-17-6-18-32-29-26-11-3-4-12-27(26)30(36)34-33-29)16-13-21-7-5-10-23(19-21)25-15-14-22-8-1-2-9-24(22)20-25/h1-5,7-12,14-15,19-20H,6,13,16-18H2,(H,31,35)(H,32,33)(H,34,36). The number of aryl methyl sites for hydroxylation is 1. The smallest absolute Gasteiger partial charge is 0.272 e. The number of anilines is 1. The molecule has 0 atom stereocenters. The van der Waals surface area contributed by atoms with E-state index < -0.39 is 0 Å². The van der Waals surface area contributed by atoms with Crippen molar-refractivity contribution in [1.29, 1.82) is 0 Å². The van der Waals surface area contributed by atoms with Crippen LogP contribution < -0.4 is 16.2 Å². The zero-order valence-electron chi connectivity index (χ0n) is 20.0. The van der Waals surface area contributed by atoms with Crippen LogP contribution in [0.25, 0.3) is 32.7 Å². The van der Waals surface area contributed by atoms with E-state index in [1.165, 1.54) is 16.3 Å². The van der Waals surface area contributed by atoms with E-state index in [9.17, 15) is 9.59 Å². The number of aromatic nitrogens is 2. The number of aromatic amines is 1. The predicted octanol–water partition coefficient (Wildman–Crippen LogP) is 5.29. The zero-order chi connectivity index (χ0) is 24.7. The molecular weight excluding hydrogens is 448 g/mol. The highest BCUT2D eigenvalue weighted by molar-refractivity contribution is 5.90. The molecule has 1 heterocycles. The molecule has 0 spiro atoms. The van der Waals surface area contributed by atoms with Crippen LogP contribution in [-0.2, 0) is 11.2 Å². The van der Waals surface area contributed by atoms with E-state index >= 15 is 0 Å². The minimum absolute atomic E-state index is 0.0405. The number of amides is 1. The first-order valence-corrected chi connectivity index (χ1v) is 12.2. The SMILES string of the molecule is O=C(CCc1cccc(-c2ccc3ccccc3c2)c1)NCCCNc1n[nH]c(=O)c2ccccc12. The first-order valence-electron chi connectivity index (χ1n) is 12.2.